The number of carbonyl (C=O) groups is 1. The third-order valence-corrected chi connectivity index (χ3v) is 3.27. The van der Waals surface area contributed by atoms with E-state index in [1.807, 2.05) is 0 Å². The topological polar surface area (TPSA) is 69.6 Å². The first-order chi connectivity index (χ1) is 7.74. The molecule has 1 fully saturated rings. The summed E-state index contributed by atoms with van der Waals surface area (Å²) in [5, 5.41) is 21.2. The lowest BCUT2D eigenvalue weighted by molar-refractivity contribution is -0.128. The van der Waals surface area contributed by atoms with Crippen molar-refractivity contribution in [2.24, 2.45) is 5.92 Å². The molecule has 0 aromatic heterocycles. The molecular weight excluding hydrogens is 206 g/mol. The fourth-order valence-corrected chi connectivity index (χ4v) is 2.19. The van der Waals surface area contributed by atoms with Gasteiger partial charge in [-0.25, -0.2) is 0 Å². The molecule has 0 aliphatic carbocycles. The molecule has 0 bridgehead atoms. The summed E-state index contributed by atoms with van der Waals surface area (Å²) in [6.45, 7) is 2.05. The average molecular weight is 229 g/mol. The second kappa shape index (κ2) is 7.76. The van der Waals surface area contributed by atoms with Gasteiger partial charge in [0.2, 0.25) is 0 Å². The molecule has 0 amide bonds. The Bertz CT molecular complexity index is 202. The van der Waals surface area contributed by atoms with Crippen LogP contribution in [0, 0.1) is 5.92 Å². The number of aliphatic hydroxyl groups is 2. The first-order valence-corrected chi connectivity index (χ1v) is 6.26. The highest BCUT2D eigenvalue weighted by molar-refractivity contribution is 5.82. The molecule has 4 nitrogen and oxygen atoms in total. The zero-order valence-electron chi connectivity index (χ0n) is 9.82. The van der Waals surface area contributed by atoms with Crippen molar-refractivity contribution in [3.8, 4) is 0 Å². The van der Waals surface area contributed by atoms with Gasteiger partial charge in [0.05, 0.1) is 0 Å². The highest BCUT2D eigenvalue weighted by Gasteiger charge is 2.16. The normalized spacial score (nSPS) is 19.6. The molecule has 0 saturated carbocycles. The molecule has 0 radical (unpaired) electrons. The van der Waals surface area contributed by atoms with Crippen LogP contribution >= 0.6 is 0 Å². The number of nitrogens with one attached hydrogen (secondary N) is 1. The van der Waals surface area contributed by atoms with Crippen LogP contribution in [0.25, 0.3) is 0 Å². The van der Waals surface area contributed by atoms with Crippen LogP contribution in [0.2, 0.25) is 0 Å². The second-order valence-corrected chi connectivity index (χ2v) is 4.58. The molecular formula is C12H23NO3. The summed E-state index contributed by atoms with van der Waals surface area (Å²) >= 11 is 0. The number of hydrogen-bond acceptors (Lipinski definition) is 4. The maximum Gasteiger partial charge on any atom is 0.161 e. The molecule has 0 aromatic carbocycles. The van der Waals surface area contributed by atoms with E-state index in [1.165, 1.54) is 12.8 Å². The van der Waals surface area contributed by atoms with Crippen LogP contribution in [0.5, 0.6) is 0 Å². The molecule has 1 aliphatic rings. The van der Waals surface area contributed by atoms with Gasteiger partial charge in [-0.1, -0.05) is 0 Å². The molecule has 16 heavy (non-hydrogen) atoms. The third-order valence-electron chi connectivity index (χ3n) is 3.27. The van der Waals surface area contributed by atoms with E-state index in [0.717, 1.165) is 31.8 Å². The molecule has 3 N–H and O–H groups in total. The Morgan fingerprint density at radius 1 is 1.38 bits per heavy atom. The number of piperidine rings is 1. The Balaban J connectivity index is 2.07. The van der Waals surface area contributed by atoms with E-state index in [2.05, 4.69) is 5.32 Å². The van der Waals surface area contributed by atoms with Crippen LogP contribution in [0.15, 0.2) is 0 Å². The van der Waals surface area contributed by atoms with Gasteiger partial charge in [-0.2, -0.15) is 0 Å². The monoisotopic (exact) mass is 229 g/mol. The molecule has 1 aliphatic heterocycles. The van der Waals surface area contributed by atoms with Gasteiger partial charge in [-0.05, 0) is 44.7 Å². The van der Waals surface area contributed by atoms with Crippen LogP contribution in [0.4, 0.5) is 0 Å². The van der Waals surface area contributed by atoms with E-state index in [1.54, 1.807) is 0 Å². The predicted octanol–water partition coefficient (Wildman–Crippen LogP) is 0.469. The van der Waals surface area contributed by atoms with E-state index >= 15 is 0 Å². The summed E-state index contributed by atoms with van der Waals surface area (Å²) in [5.41, 5.74) is 0. The van der Waals surface area contributed by atoms with E-state index in [4.69, 9.17) is 5.11 Å². The number of ketones is 1. The van der Waals surface area contributed by atoms with Crippen molar-refractivity contribution in [1.82, 2.24) is 5.32 Å². The largest absolute Gasteiger partial charge is 0.396 e. The van der Waals surface area contributed by atoms with Crippen LogP contribution in [-0.4, -0.2) is 41.8 Å². The summed E-state index contributed by atoms with van der Waals surface area (Å²) in [6, 6.07) is 0. The van der Waals surface area contributed by atoms with Crippen LogP contribution in [0.3, 0.4) is 0 Å². The molecule has 94 valence electrons. The fourth-order valence-electron chi connectivity index (χ4n) is 2.19. The zero-order valence-corrected chi connectivity index (χ0v) is 9.82. The molecule has 0 spiro atoms. The number of Topliss-reactive ketones (excluding diaryl/α,β-unsaturated/α-hetero) is 1. The average Bonchev–Trinajstić information content (AvgIpc) is 2.30. The Morgan fingerprint density at radius 3 is 2.69 bits per heavy atom. The minimum absolute atomic E-state index is 0.122. The Labute approximate surface area is 97.0 Å². The highest BCUT2D eigenvalue weighted by atomic mass is 16.3. The Kier molecular flexibility index (Phi) is 6.61. The minimum atomic E-state index is -0.960. The lowest BCUT2D eigenvalue weighted by Gasteiger charge is -2.22. The van der Waals surface area contributed by atoms with Crippen LogP contribution in [0.1, 0.15) is 38.5 Å². The molecule has 1 heterocycles. The number of aliphatic hydroxyl groups excluding tert-OH is 2. The molecule has 1 rings (SSSR count). The molecule has 4 heteroatoms. The van der Waals surface area contributed by atoms with Crippen molar-refractivity contribution < 1.29 is 15.0 Å². The van der Waals surface area contributed by atoms with Gasteiger partial charge < -0.3 is 15.5 Å². The van der Waals surface area contributed by atoms with Crippen molar-refractivity contribution in [2.75, 3.05) is 19.7 Å². The Morgan fingerprint density at radius 2 is 2.06 bits per heavy atom. The first-order valence-electron chi connectivity index (χ1n) is 6.26. The van der Waals surface area contributed by atoms with Gasteiger partial charge >= 0.3 is 0 Å². The standard InChI is InChI=1S/C12H23NO3/c14-9-6-12(16)11(15)3-1-2-10-4-7-13-8-5-10/h10,12-14,16H,1-9H2. The van der Waals surface area contributed by atoms with Gasteiger partial charge in [0.25, 0.3) is 0 Å². The third kappa shape index (κ3) is 5.05. The number of rotatable bonds is 7. The van der Waals surface area contributed by atoms with Gasteiger partial charge in [0.1, 0.15) is 6.10 Å². The number of carbonyl (C=O) groups excluding carboxylic acids is 1. The van der Waals surface area contributed by atoms with E-state index in [-0.39, 0.29) is 18.8 Å². The lowest BCUT2D eigenvalue weighted by Crippen LogP contribution is -2.28. The first kappa shape index (κ1) is 13.6. The minimum Gasteiger partial charge on any atom is -0.396 e. The van der Waals surface area contributed by atoms with E-state index in [9.17, 15) is 9.90 Å². The maximum atomic E-state index is 11.4. The van der Waals surface area contributed by atoms with Crippen LogP contribution < -0.4 is 5.32 Å². The smallest absolute Gasteiger partial charge is 0.161 e. The van der Waals surface area contributed by atoms with Gasteiger partial charge in [0.15, 0.2) is 5.78 Å². The lowest BCUT2D eigenvalue weighted by atomic mass is 9.91. The molecule has 1 atom stereocenters. The van der Waals surface area contributed by atoms with Crippen molar-refractivity contribution in [3.63, 3.8) is 0 Å². The van der Waals surface area contributed by atoms with E-state index < -0.39 is 6.10 Å². The van der Waals surface area contributed by atoms with Crippen molar-refractivity contribution in [1.29, 1.82) is 0 Å². The zero-order chi connectivity index (χ0) is 11.8. The SMILES string of the molecule is O=C(CCCC1CCNCC1)C(O)CCO. The summed E-state index contributed by atoms with van der Waals surface area (Å²) in [4.78, 5) is 11.4. The predicted molar refractivity (Wildman–Crippen MR) is 62.2 cm³/mol. The summed E-state index contributed by atoms with van der Waals surface area (Å²) < 4.78 is 0. The number of hydrogen-bond donors (Lipinski definition) is 3. The Hall–Kier alpha value is -0.450. The van der Waals surface area contributed by atoms with Crippen LogP contribution in [-0.2, 0) is 4.79 Å². The van der Waals surface area contributed by atoms with Crippen molar-refractivity contribution >= 4 is 5.78 Å². The summed E-state index contributed by atoms with van der Waals surface area (Å²) in [5.74, 6) is 0.618. The quantitative estimate of drug-likeness (QED) is 0.593. The van der Waals surface area contributed by atoms with Gasteiger partial charge in [-0.15, -0.1) is 0 Å². The molecule has 0 aromatic rings. The van der Waals surface area contributed by atoms with Crippen molar-refractivity contribution in [3.05, 3.63) is 0 Å². The molecule has 1 saturated heterocycles. The second-order valence-electron chi connectivity index (χ2n) is 4.58. The van der Waals surface area contributed by atoms with Gasteiger partial charge in [0, 0.05) is 19.4 Å². The van der Waals surface area contributed by atoms with Crippen molar-refractivity contribution in [2.45, 2.75) is 44.6 Å². The maximum absolute atomic E-state index is 11.4. The summed E-state index contributed by atoms with van der Waals surface area (Å²) in [6.07, 6.45) is 4.02. The van der Waals surface area contributed by atoms with Gasteiger partial charge in [-0.3, -0.25) is 4.79 Å². The van der Waals surface area contributed by atoms with E-state index in [0.29, 0.717) is 6.42 Å². The summed E-state index contributed by atoms with van der Waals surface area (Å²) in [7, 11) is 0. The molecule has 1 unspecified atom stereocenters. The highest BCUT2D eigenvalue weighted by Crippen LogP contribution is 2.19. The fraction of sp³-hybridized carbons (Fsp3) is 0.917.